The molecule has 1 fully saturated rings. The Kier molecular flexibility index (Phi) is 7.97. The molecule has 10 heteroatoms. The van der Waals surface area contributed by atoms with E-state index in [0.717, 1.165) is 0 Å². The van der Waals surface area contributed by atoms with Gasteiger partial charge in [0.05, 0.1) is 12.7 Å². The van der Waals surface area contributed by atoms with Gasteiger partial charge in [-0.3, -0.25) is 14.3 Å². The Labute approximate surface area is 153 Å². The van der Waals surface area contributed by atoms with E-state index in [9.17, 15) is 14.7 Å². The number of thioether (sulfide) groups is 1. The first-order chi connectivity index (χ1) is 10.6. The molecule has 0 aromatic carbocycles. The lowest BCUT2D eigenvalue weighted by molar-refractivity contribution is -0.0238. The van der Waals surface area contributed by atoms with Crippen LogP contribution < -0.4 is 11.2 Å². The molecule has 2 N–H and O–H groups in total. The van der Waals surface area contributed by atoms with Crippen molar-refractivity contribution in [2.75, 3.05) is 12.9 Å². The van der Waals surface area contributed by atoms with Gasteiger partial charge >= 0.3 is 5.69 Å². The SMILES string of the molecule is CC(Cl)(Cl)Cl.CS[C@@H]1C[C@H](n2cc(C)c(=O)[nH]c2=O)O[C@@H]1CO. The summed E-state index contributed by atoms with van der Waals surface area (Å²) in [5.41, 5.74) is -0.394. The first kappa shape index (κ1) is 20.9. The molecule has 0 radical (unpaired) electrons. The Balaban J connectivity index is 0.000000463. The summed E-state index contributed by atoms with van der Waals surface area (Å²) < 4.78 is 5.95. The number of aromatic nitrogens is 2. The lowest BCUT2D eigenvalue weighted by atomic mass is 10.2. The quantitative estimate of drug-likeness (QED) is 0.753. The van der Waals surface area contributed by atoms with E-state index in [1.807, 2.05) is 6.26 Å². The van der Waals surface area contributed by atoms with Gasteiger partial charge in [-0.15, -0.1) is 0 Å². The van der Waals surface area contributed by atoms with Crippen molar-refractivity contribution < 1.29 is 9.84 Å². The predicted molar refractivity (Wildman–Crippen MR) is 94.9 cm³/mol. The molecule has 1 aliphatic rings. The van der Waals surface area contributed by atoms with Gasteiger partial charge in [-0.2, -0.15) is 11.8 Å². The molecule has 1 aromatic heterocycles. The Bertz CT molecular complexity index is 611. The number of halogens is 3. The molecule has 0 amide bonds. The van der Waals surface area contributed by atoms with Gasteiger partial charge in [-0.1, -0.05) is 34.8 Å². The van der Waals surface area contributed by atoms with Crippen LogP contribution in [0.4, 0.5) is 0 Å². The van der Waals surface area contributed by atoms with Crippen molar-refractivity contribution in [3.63, 3.8) is 0 Å². The zero-order valence-electron chi connectivity index (χ0n) is 12.9. The van der Waals surface area contributed by atoms with Crippen LogP contribution in [-0.2, 0) is 4.74 Å². The molecule has 2 heterocycles. The smallest absolute Gasteiger partial charge is 0.330 e. The van der Waals surface area contributed by atoms with E-state index in [-0.39, 0.29) is 23.5 Å². The number of H-pyrrole nitrogens is 1. The van der Waals surface area contributed by atoms with E-state index in [2.05, 4.69) is 4.98 Å². The number of aromatic amines is 1. The minimum atomic E-state index is -1.08. The molecule has 0 saturated carbocycles. The summed E-state index contributed by atoms with van der Waals surface area (Å²) in [4.78, 5) is 25.3. The van der Waals surface area contributed by atoms with Gasteiger partial charge < -0.3 is 9.84 Å². The highest BCUT2D eigenvalue weighted by molar-refractivity contribution is 7.99. The van der Waals surface area contributed by atoms with Crippen LogP contribution >= 0.6 is 46.6 Å². The van der Waals surface area contributed by atoms with Crippen LogP contribution in [0.2, 0.25) is 0 Å². The number of rotatable bonds is 3. The molecule has 6 nitrogen and oxygen atoms in total. The number of aliphatic hydroxyl groups excluding tert-OH is 1. The lowest BCUT2D eigenvalue weighted by Crippen LogP contribution is -2.33. The average Bonchev–Trinajstić information content (AvgIpc) is 2.84. The van der Waals surface area contributed by atoms with E-state index in [4.69, 9.17) is 39.5 Å². The van der Waals surface area contributed by atoms with Gasteiger partial charge in [0.15, 0.2) is 3.79 Å². The van der Waals surface area contributed by atoms with Crippen molar-refractivity contribution in [3.8, 4) is 0 Å². The normalized spacial score (nSPS) is 24.2. The first-order valence-corrected chi connectivity index (χ1v) is 9.17. The molecule has 2 rings (SSSR count). The monoisotopic (exact) mass is 404 g/mol. The van der Waals surface area contributed by atoms with Crippen LogP contribution in [0, 0.1) is 6.92 Å². The Morgan fingerprint density at radius 2 is 2.04 bits per heavy atom. The first-order valence-electron chi connectivity index (χ1n) is 6.74. The van der Waals surface area contributed by atoms with Crippen molar-refractivity contribution >= 4 is 46.6 Å². The highest BCUT2D eigenvalue weighted by atomic mass is 35.6. The maximum atomic E-state index is 11.7. The maximum absolute atomic E-state index is 11.7. The molecule has 1 aromatic rings. The van der Waals surface area contributed by atoms with Crippen LogP contribution in [0.25, 0.3) is 0 Å². The Morgan fingerprint density at radius 3 is 2.48 bits per heavy atom. The molecule has 1 saturated heterocycles. The van der Waals surface area contributed by atoms with Crippen LogP contribution in [0.1, 0.15) is 25.1 Å². The third-order valence-corrected chi connectivity index (χ3v) is 4.22. The summed E-state index contributed by atoms with van der Waals surface area (Å²) in [6.45, 7) is 3.05. The fraction of sp³-hybridized carbons (Fsp3) is 0.692. The summed E-state index contributed by atoms with van der Waals surface area (Å²) in [6.07, 6.45) is 3.38. The number of ether oxygens (including phenoxy) is 1. The van der Waals surface area contributed by atoms with Gasteiger partial charge in [0, 0.05) is 23.4 Å². The molecule has 132 valence electrons. The number of alkyl halides is 3. The number of hydrogen-bond acceptors (Lipinski definition) is 5. The van der Waals surface area contributed by atoms with Gasteiger partial charge in [0.2, 0.25) is 0 Å². The van der Waals surface area contributed by atoms with Gasteiger partial charge in [-0.05, 0) is 20.1 Å². The van der Waals surface area contributed by atoms with Crippen LogP contribution in [-0.4, -0.2) is 42.7 Å². The Morgan fingerprint density at radius 1 is 1.48 bits per heavy atom. The highest BCUT2D eigenvalue weighted by Gasteiger charge is 2.35. The van der Waals surface area contributed by atoms with Crippen LogP contribution in [0.3, 0.4) is 0 Å². The number of aliphatic hydroxyl groups is 1. The molecule has 0 spiro atoms. The van der Waals surface area contributed by atoms with Gasteiger partial charge in [-0.25, -0.2) is 4.79 Å². The van der Waals surface area contributed by atoms with E-state index in [0.29, 0.717) is 12.0 Å². The average molecular weight is 406 g/mol. The van der Waals surface area contributed by atoms with Crippen molar-refractivity contribution in [1.29, 1.82) is 0 Å². The number of nitrogens with zero attached hydrogens (tertiary/aromatic N) is 1. The topological polar surface area (TPSA) is 84.3 Å². The molecule has 0 aliphatic carbocycles. The second-order valence-electron chi connectivity index (χ2n) is 5.08. The molecule has 0 bridgehead atoms. The minimum absolute atomic E-state index is 0.0703. The van der Waals surface area contributed by atoms with E-state index < -0.39 is 15.7 Å². The van der Waals surface area contributed by atoms with Gasteiger partial charge in [0.25, 0.3) is 5.56 Å². The second kappa shape index (κ2) is 8.78. The molecule has 23 heavy (non-hydrogen) atoms. The number of nitrogens with one attached hydrogen (secondary N) is 1. The summed E-state index contributed by atoms with van der Waals surface area (Å²) >= 11 is 16.8. The lowest BCUT2D eigenvalue weighted by Gasteiger charge is -2.15. The minimum Gasteiger partial charge on any atom is -0.394 e. The van der Waals surface area contributed by atoms with Crippen LogP contribution in [0.5, 0.6) is 0 Å². The predicted octanol–water partition coefficient (Wildman–Crippen LogP) is 2.23. The fourth-order valence-electron chi connectivity index (χ4n) is 2.08. The molecule has 1 aliphatic heterocycles. The molecular weight excluding hydrogens is 387 g/mol. The van der Waals surface area contributed by atoms with Crippen molar-refractivity contribution in [3.05, 3.63) is 32.6 Å². The summed E-state index contributed by atoms with van der Waals surface area (Å²) in [6, 6.07) is 0. The summed E-state index contributed by atoms with van der Waals surface area (Å²) in [7, 11) is 0. The third-order valence-electron chi connectivity index (χ3n) is 3.12. The fourth-order valence-corrected chi connectivity index (χ4v) is 2.89. The maximum Gasteiger partial charge on any atom is 0.330 e. The highest BCUT2D eigenvalue weighted by Crippen LogP contribution is 2.34. The zero-order valence-corrected chi connectivity index (χ0v) is 16.0. The van der Waals surface area contributed by atoms with E-state index in [1.54, 1.807) is 18.7 Å². The largest absolute Gasteiger partial charge is 0.394 e. The standard InChI is InChI=1S/C11H16N2O4S.C2H3Cl3/c1-6-4-13(11(16)12-10(6)15)9-3-8(18-2)7(5-14)17-9;1-2(3,4)5/h4,7-9,14H,3,5H2,1-2H3,(H,12,15,16);1H3/t7-,8-,9-;/m1./s1. The zero-order chi connectivity index (χ0) is 17.8. The number of aryl methyl sites for hydroxylation is 1. The summed E-state index contributed by atoms with van der Waals surface area (Å²) in [5.74, 6) is 0. The summed E-state index contributed by atoms with van der Waals surface area (Å²) in [5, 5.41) is 9.37. The third kappa shape index (κ3) is 6.68. The van der Waals surface area contributed by atoms with Crippen molar-refractivity contribution in [2.24, 2.45) is 0 Å². The van der Waals surface area contributed by atoms with Crippen LogP contribution in [0.15, 0.2) is 15.8 Å². The molecule has 0 unspecified atom stereocenters. The van der Waals surface area contributed by atoms with E-state index in [1.165, 1.54) is 17.7 Å². The van der Waals surface area contributed by atoms with Crippen molar-refractivity contribution in [1.82, 2.24) is 9.55 Å². The Hall–Kier alpha value is -0.180. The molecule has 3 atom stereocenters. The van der Waals surface area contributed by atoms with E-state index >= 15 is 0 Å². The molecular formula is C13H19Cl3N2O4S. The number of hydrogen-bond donors (Lipinski definition) is 2. The van der Waals surface area contributed by atoms with Crippen molar-refractivity contribution in [2.45, 2.75) is 41.6 Å². The second-order valence-corrected chi connectivity index (χ2v) is 9.01. The van der Waals surface area contributed by atoms with Gasteiger partial charge in [0.1, 0.15) is 6.23 Å².